The molecule has 0 radical (unpaired) electrons. The Bertz CT molecular complexity index is 1060. The van der Waals surface area contributed by atoms with Crippen LogP contribution in [0.2, 0.25) is 0 Å². The number of hydrogen-bond donors (Lipinski definition) is 2. The van der Waals surface area contributed by atoms with Crippen LogP contribution >= 0.6 is 0 Å². The molecule has 2 aromatic rings. The van der Waals surface area contributed by atoms with E-state index in [-0.39, 0.29) is 18.2 Å². The minimum absolute atomic E-state index is 0. The number of H-pyrrole nitrogens is 1. The van der Waals surface area contributed by atoms with Gasteiger partial charge in [-0.3, -0.25) is 14.3 Å². The van der Waals surface area contributed by atoms with Crippen LogP contribution in [-0.4, -0.2) is 52.2 Å². The third kappa shape index (κ3) is 7.02. The molecule has 1 aliphatic rings. The number of hydrogen-bond acceptors (Lipinski definition) is 5. The maximum atomic E-state index is 13.4. The van der Waals surface area contributed by atoms with Gasteiger partial charge in [0.25, 0.3) is 5.56 Å². The molecule has 0 aromatic carbocycles. The highest BCUT2D eigenvalue weighted by atomic mass is 35.5. The van der Waals surface area contributed by atoms with Gasteiger partial charge in [-0.2, -0.15) is 17.6 Å². The predicted molar refractivity (Wildman–Crippen MR) is 114 cm³/mol. The van der Waals surface area contributed by atoms with Crippen LogP contribution in [0.5, 0.6) is 0 Å². The van der Waals surface area contributed by atoms with E-state index < -0.39 is 34.4 Å². The first kappa shape index (κ1) is 27.8. The average Bonchev–Trinajstić information content (AvgIpc) is 2.73. The Hall–Kier alpha value is -2.47. The Morgan fingerprint density at radius 1 is 1.09 bits per heavy atom. The Morgan fingerprint density at radius 3 is 2.32 bits per heavy atom. The molecule has 0 amide bonds. The normalized spacial score (nSPS) is 15.3. The maximum absolute atomic E-state index is 13.4. The van der Waals surface area contributed by atoms with Crippen molar-refractivity contribution in [3.63, 3.8) is 0 Å². The predicted octanol–water partition coefficient (Wildman–Crippen LogP) is -2.03. The van der Waals surface area contributed by atoms with Crippen molar-refractivity contribution in [1.29, 1.82) is 0 Å². The lowest BCUT2D eigenvalue weighted by atomic mass is 9.95. The van der Waals surface area contributed by atoms with Crippen molar-refractivity contribution in [2.75, 3.05) is 37.6 Å². The smallest absolute Gasteiger partial charge is 0.433 e. The van der Waals surface area contributed by atoms with Crippen LogP contribution in [0.4, 0.5) is 23.4 Å². The molecule has 3 heterocycles. The molecule has 0 spiro atoms. The van der Waals surface area contributed by atoms with Gasteiger partial charge in [-0.25, -0.2) is 14.8 Å². The zero-order valence-electron chi connectivity index (χ0n) is 19.3. The summed E-state index contributed by atoms with van der Waals surface area (Å²) in [6.07, 6.45) is -2.21. The van der Waals surface area contributed by atoms with Crippen molar-refractivity contribution < 1.29 is 34.9 Å². The van der Waals surface area contributed by atoms with E-state index in [1.165, 1.54) is 4.90 Å². The molecule has 2 N–H and O–H groups in total. The number of unbranched alkanes of at least 4 members (excludes halogenated alkanes) is 1. The summed E-state index contributed by atoms with van der Waals surface area (Å²) in [5, 5.41) is 0. The van der Waals surface area contributed by atoms with Gasteiger partial charge in [0.2, 0.25) is 5.82 Å². The lowest BCUT2D eigenvalue weighted by molar-refractivity contribution is -0.900. The highest BCUT2D eigenvalue weighted by Crippen LogP contribution is 2.32. The van der Waals surface area contributed by atoms with E-state index in [0.717, 1.165) is 42.9 Å². The zero-order valence-corrected chi connectivity index (χ0v) is 20.1. The zero-order chi connectivity index (χ0) is 24.4. The summed E-state index contributed by atoms with van der Waals surface area (Å²) < 4.78 is 54.5. The SMILES string of the molecule is CC(C)(C)c1nc(N2CC[NH+](CCCCn3cc(F)c(=O)[nH]c3=O)CC2)cc(C(F)(F)F)n1.[Cl-]. The molecule has 8 nitrogen and oxygen atoms in total. The highest BCUT2D eigenvalue weighted by molar-refractivity contribution is 5.41. The summed E-state index contributed by atoms with van der Waals surface area (Å²) in [7, 11) is 0. The number of alkyl halides is 3. The second-order valence-corrected chi connectivity index (χ2v) is 9.31. The molecule has 34 heavy (non-hydrogen) atoms. The van der Waals surface area contributed by atoms with Crippen molar-refractivity contribution in [2.45, 2.75) is 51.7 Å². The molecule has 0 atom stereocenters. The summed E-state index contributed by atoms with van der Waals surface area (Å²) >= 11 is 0. The number of aromatic nitrogens is 4. The van der Waals surface area contributed by atoms with Gasteiger partial charge in [0, 0.05) is 18.0 Å². The number of aryl methyl sites for hydroxylation is 1. The Balaban J connectivity index is 0.00000408. The van der Waals surface area contributed by atoms with Crippen molar-refractivity contribution in [1.82, 2.24) is 19.5 Å². The van der Waals surface area contributed by atoms with Crippen LogP contribution in [0.15, 0.2) is 21.9 Å². The van der Waals surface area contributed by atoms with Gasteiger partial charge in [0.15, 0.2) is 0 Å². The van der Waals surface area contributed by atoms with Gasteiger partial charge in [-0.05, 0) is 12.8 Å². The summed E-state index contributed by atoms with van der Waals surface area (Å²) in [5.74, 6) is -0.541. The monoisotopic (exact) mass is 508 g/mol. The lowest BCUT2D eigenvalue weighted by Gasteiger charge is -2.33. The Morgan fingerprint density at radius 2 is 1.74 bits per heavy atom. The van der Waals surface area contributed by atoms with Crippen LogP contribution < -0.4 is 33.5 Å². The van der Waals surface area contributed by atoms with Crippen molar-refractivity contribution >= 4 is 5.82 Å². The first-order valence-corrected chi connectivity index (χ1v) is 10.9. The number of piperazine rings is 1. The van der Waals surface area contributed by atoms with Crippen molar-refractivity contribution in [2.24, 2.45) is 0 Å². The molecular formula is C21H29ClF4N6O2. The molecule has 0 saturated carbocycles. The summed E-state index contributed by atoms with van der Waals surface area (Å²) in [6.45, 7) is 9.07. The summed E-state index contributed by atoms with van der Waals surface area (Å²) in [6, 6.07) is 1.02. The lowest BCUT2D eigenvalue weighted by Crippen LogP contribution is -3.14. The molecule has 0 unspecified atom stereocenters. The van der Waals surface area contributed by atoms with Gasteiger partial charge in [0.1, 0.15) is 17.3 Å². The van der Waals surface area contributed by atoms with Crippen LogP contribution in [0.25, 0.3) is 0 Å². The molecule has 1 fully saturated rings. The van der Waals surface area contributed by atoms with E-state index in [1.807, 2.05) is 9.88 Å². The fourth-order valence-electron chi connectivity index (χ4n) is 3.69. The fraction of sp³-hybridized carbons (Fsp3) is 0.619. The third-order valence-corrected chi connectivity index (χ3v) is 5.62. The maximum Gasteiger partial charge on any atom is 0.433 e. The van der Waals surface area contributed by atoms with Crippen LogP contribution in [0.3, 0.4) is 0 Å². The second-order valence-electron chi connectivity index (χ2n) is 9.31. The van der Waals surface area contributed by atoms with Gasteiger partial charge in [-0.1, -0.05) is 20.8 Å². The molecule has 1 aliphatic heterocycles. The van der Waals surface area contributed by atoms with E-state index in [1.54, 1.807) is 20.8 Å². The minimum atomic E-state index is -4.54. The Kier molecular flexibility index (Phi) is 8.86. The number of rotatable bonds is 6. The van der Waals surface area contributed by atoms with Gasteiger partial charge in [0.05, 0.1) is 38.9 Å². The molecule has 2 aromatic heterocycles. The van der Waals surface area contributed by atoms with Crippen molar-refractivity contribution in [3.8, 4) is 0 Å². The number of anilines is 1. The summed E-state index contributed by atoms with van der Waals surface area (Å²) in [5.41, 5.74) is -3.21. The van der Waals surface area contributed by atoms with E-state index in [4.69, 9.17) is 0 Å². The van der Waals surface area contributed by atoms with Gasteiger partial charge >= 0.3 is 11.9 Å². The van der Waals surface area contributed by atoms with E-state index in [9.17, 15) is 27.2 Å². The first-order chi connectivity index (χ1) is 15.3. The third-order valence-electron chi connectivity index (χ3n) is 5.62. The molecule has 0 aliphatic carbocycles. The molecule has 3 rings (SSSR count). The topological polar surface area (TPSA) is 88.3 Å². The fourth-order valence-corrected chi connectivity index (χ4v) is 3.69. The summed E-state index contributed by atoms with van der Waals surface area (Å²) in [4.78, 5) is 36.0. The van der Waals surface area contributed by atoms with Gasteiger partial charge in [-0.15, -0.1) is 0 Å². The van der Waals surface area contributed by atoms with Gasteiger partial charge < -0.3 is 22.2 Å². The van der Waals surface area contributed by atoms with E-state index in [0.29, 0.717) is 31.9 Å². The number of aromatic amines is 1. The minimum Gasteiger partial charge on any atom is -1.00 e. The molecule has 13 heteroatoms. The molecule has 0 bridgehead atoms. The molecule has 1 saturated heterocycles. The number of nitrogens with zero attached hydrogens (tertiary/aromatic N) is 4. The largest absolute Gasteiger partial charge is 1.00 e. The second kappa shape index (κ2) is 10.9. The highest BCUT2D eigenvalue weighted by Gasteiger charge is 2.36. The van der Waals surface area contributed by atoms with E-state index >= 15 is 0 Å². The number of halogens is 5. The average molecular weight is 509 g/mol. The standard InChI is InChI=1S/C21H28F4N6O2.ClH/c1-20(2,3)18-26-15(21(23,24)25)12-16(27-18)30-10-8-29(9-11-30)6-4-5-7-31-13-14(22)17(32)28-19(31)33;/h12-13H,4-11H2,1-3H3,(H,28,32,33);1H. The molecular weight excluding hydrogens is 480 g/mol. The van der Waals surface area contributed by atoms with Crippen LogP contribution in [0.1, 0.15) is 45.1 Å². The quantitative estimate of drug-likeness (QED) is 0.347. The van der Waals surface area contributed by atoms with Crippen molar-refractivity contribution in [3.05, 3.63) is 50.4 Å². The van der Waals surface area contributed by atoms with E-state index in [2.05, 4.69) is 9.97 Å². The van der Waals surface area contributed by atoms with Crippen LogP contribution in [-0.2, 0) is 18.1 Å². The first-order valence-electron chi connectivity index (χ1n) is 10.9. The van der Waals surface area contributed by atoms with Crippen LogP contribution in [0, 0.1) is 5.82 Å². The number of quaternary nitrogens is 1. The Labute approximate surface area is 200 Å². The molecule has 190 valence electrons. The number of nitrogens with one attached hydrogen (secondary N) is 2.